The number of benzene rings is 3. The topological polar surface area (TPSA) is 60.5 Å². The molecule has 0 saturated carbocycles. The first-order valence-electron chi connectivity index (χ1n) is 9.28. The van der Waals surface area contributed by atoms with Crippen molar-refractivity contribution in [3.05, 3.63) is 83.4 Å². The fourth-order valence-corrected chi connectivity index (χ4v) is 3.36. The lowest BCUT2D eigenvalue weighted by Crippen LogP contribution is -2.14. The number of carbonyl (C=O) groups is 1. The highest BCUT2D eigenvalue weighted by Gasteiger charge is 2.16. The standard InChI is InChI=1S/C24H19ClN2O3/c1-29-17-11-12-23(30-2)22(13-17)27-24(28)19-14-21(15-7-9-16(25)10-8-15)26-20-6-4-3-5-18(19)20/h3-14H,1-2H3,(H,27,28). The van der Waals surface area contributed by atoms with Crippen molar-refractivity contribution < 1.29 is 14.3 Å². The molecule has 30 heavy (non-hydrogen) atoms. The number of amides is 1. The number of methoxy groups -OCH3 is 2. The summed E-state index contributed by atoms with van der Waals surface area (Å²) in [6.07, 6.45) is 0. The van der Waals surface area contributed by atoms with Gasteiger partial charge in [0.15, 0.2) is 0 Å². The van der Waals surface area contributed by atoms with Gasteiger partial charge in [0.25, 0.3) is 5.91 Å². The summed E-state index contributed by atoms with van der Waals surface area (Å²) in [6.45, 7) is 0. The van der Waals surface area contributed by atoms with Crippen LogP contribution in [-0.2, 0) is 0 Å². The minimum Gasteiger partial charge on any atom is -0.497 e. The van der Waals surface area contributed by atoms with Crippen molar-refractivity contribution in [3.8, 4) is 22.8 Å². The average molecular weight is 419 g/mol. The first kappa shape index (κ1) is 19.7. The van der Waals surface area contributed by atoms with Crippen LogP contribution in [-0.4, -0.2) is 25.1 Å². The Balaban J connectivity index is 1.79. The van der Waals surface area contributed by atoms with Gasteiger partial charge in [-0.2, -0.15) is 0 Å². The minimum absolute atomic E-state index is 0.268. The Morgan fingerprint density at radius 3 is 2.43 bits per heavy atom. The van der Waals surface area contributed by atoms with Gasteiger partial charge in [-0.3, -0.25) is 4.79 Å². The number of carbonyl (C=O) groups excluding carboxylic acids is 1. The summed E-state index contributed by atoms with van der Waals surface area (Å²) in [4.78, 5) is 18.0. The second kappa shape index (κ2) is 8.43. The van der Waals surface area contributed by atoms with Gasteiger partial charge in [0.1, 0.15) is 11.5 Å². The van der Waals surface area contributed by atoms with E-state index in [9.17, 15) is 4.79 Å². The Morgan fingerprint density at radius 1 is 0.933 bits per heavy atom. The molecule has 1 N–H and O–H groups in total. The number of pyridine rings is 1. The van der Waals surface area contributed by atoms with E-state index < -0.39 is 0 Å². The Morgan fingerprint density at radius 2 is 1.70 bits per heavy atom. The number of halogens is 1. The van der Waals surface area contributed by atoms with Crippen LogP contribution in [0.25, 0.3) is 22.2 Å². The van der Waals surface area contributed by atoms with E-state index in [1.165, 1.54) is 0 Å². The fraction of sp³-hybridized carbons (Fsp3) is 0.0833. The minimum atomic E-state index is -0.268. The van der Waals surface area contributed by atoms with Gasteiger partial charge >= 0.3 is 0 Å². The Labute approximate surface area is 179 Å². The zero-order valence-corrected chi connectivity index (χ0v) is 17.2. The molecule has 0 fully saturated rings. The number of anilines is 1. The number of aromatic nitrogens is 1. The van der Waals surface area contributed by atoms with Crippen LogP contribution < -0.4 is 14.8 Å². The number of para-hydroxylation sites is 1. The van der Waals surface area contributed by atoms with Crippen LogP contribution in [0.3, 0.4) is 0 Å². The lowest BCUT2D eigenvalue weighted by Gasteiger charge is -2.14. The predicted octanol–water partition coefficient (Wildman–Crippen LogP) is 5.82. The highest BCUT2D eigenvalue weighted by molar-refractivity contribution is 6.30. The van der Waals surface area contributed by atoms with Crippen molar-refractivity contribution in [3.63, 3.8) is 0 Å². The fourth-order valence-electron chi connectivity index (χ4n) is 3.23. The second-order valence-electron chi connectivity index (χ2n) is 6.60. The molecule has 0 aliphatic heterocycles. The van der Waals surface area contributed by atoms with Crippen LogP contribution in [0.5, 0.6) is 11.5 Å². The molecule has 0 aliphatic rings. The molecule has 3 aromatic carbocycles. The molecule has 4 aromatic rings. The molecule has 0 spiro atoms. The van der Waals surface area contributed by atoms with Crippen LogP contribution in [0.1, 0.15) is 10.4 Å². The van der Waals surface area contributed by atoms with E-state index in [2.05, 4.69) is 5.32 Å². The molecule has 0 bridgehead atoms. The molecule has 0 aliphatic carbocycles. The van der Waals surface area contributed by atoms with Gasteiger partial charge in [-0.05, 0) is 36.4 Å². The van der Waals surface area contributed by atoms with E-state index in [4.69, 9.17) is 26.1 Å². The summed E-state index contributed by atoms with van der Waals surface area (Å²) in [6, 6.07) is 21.9. The lowest BCUT2D eigenvalue weighted by atomic mass is 10.0. The third kappa shape index (κ3) is 3.93. The van der Waals surface area contributed by atoms with Crippen molar-refractivity contribution in [1.29, 1.82) is 0 Å². The molecule has 1 amide bonds. The van der Waals surface area contributed by atoms with E-state index in [1.807, 2.05) is 36.4 Å². The number of fused-ring (bicyclic) bond motifs is 1. The van der Waals surface area contributed by atoms with Crippen LogP contribution in [0.15, 0.2) is 72.8 Å². The number of hydrogen-bond acceptors (Lipinski definition) is 4. The number of rotatable bonds is 5. The van der Waals surface area contributed by atoms with Crippen molar-refractivity contribution in [2.45, 2.75) is 0 Å². The molecule has 4 rings (SSSR count). The van der Waals surface area contributed by atoms with Crippen LogP contribution in [0.4, 0.5) is 5.69 Å². The Bertz CT molecular complexity index is 1220. The predicted molar refractivity (Wildman–Crippen MR) is 120 cm³/mol. The highest BCUT2D eigenvalue weighted by Crippen LogP contribution is 2.31. The number of nitrogens with one attached hydrogen (secondary N) is 1. The largest absolute Gasteiger partial charge is 0.497 e. The average Bonchev–Trinajstić information content (AvgIpc) is 2.78. The van der Waals surface area contributed by atoms with Gasteiger partial charge in [0.05, 0.1) is 36.7 Å². The summed E-state index contributed by atoms with van der Waals surface area (Å²) >= 11 is 6.01. The van der Waals surface area contributed by atoms with E-state index >= 15 is 0 Å². The van der Waals surface area contributed by atoms with Gasteiger partial charge in [-0.15, -0.1) is 0 Å². The lowest BCUT2D eigenvalue weighted by molar-refractivity contribution is 0.102. The molecule has 5 nitrogen and oxygen atoms in total. The first-order chi connectivity index (χ1) is 14.6. The zero-order valence-electron chi connectivity index (χ0n) is 16.5. The first-order valence-corrected chi connectivity index (χ1v) is 9.66. The third-order valence-electron chi connectivity index (χ3n) is 4.76. The number of nitrogens with zero attached hydrogens (tertiary/aromatic N) is 1. The molecular weight excluding hydrogens is 400 g/mol. The Hall–Kier alpha value is -3.57. The van der Waals surface area contributed by atoms with Crippen molar-refractivity contribution in [2.24, 2.45) is 0 Å². The maximum absolute atomic E-state index is 13.3. The Kier molecular flexibility index (Phi) is 5.55. The SMILES string of the molecule is COc1ccc(OC)c(NC(=O)c2cc(-c3ccc(Cl)cc3)nc3ccccc23)c1. The smallest absolute Gasteiger partial charge is 0.256 e. The summed E-state index contributed by atoms with van der Waals surface area (Å²) in [7, 11) is 3.13. The van der Waals surface area contributed by atoms with Gasteiger partial charge in [-0.1, -0.05) is 41.9 Å². The molecule has 6 heteroatoms. The highest BCUT2D eigenvalue weighted by atomic mass is 35.5. The molecule has 0 unspecified atom stereocenters. The maximum Gasteiger partial charge on any atom is 0.256 e. The molecule has 150 valence electrons. The van der Waals surface area contributed by atoms with Crippen molar-refractivity contribution in [2.75, 3.05) is 19.5 Å². The van der Waals surface area contributed by atoms with Crippen molar-refractivity contribution in [1.82, 2.24) is 4.98 Å². The second-order valence-corrected chi connectivity index (χ2v) is 7.04. The third-order valence-corrected chi connectivity index (χ3v) is 5.01. The van der Waals surface area contributed by atoms with E-state index in [1.54, 1.807) is 50.6 Å². The molecule has 1 heterocycles. The molecule has 1 aromatic heterocycles. The molecular formula is C24H19ClN2O3. The van der Waals surface area contributed by atoms with Gasteiger partial charge < -0.3 is 14.8 Å². The molecule has 0 radical (unpaired) electrons. The quantitative estimate of drug-likeness (QED) is 0.443. The maximum atomic E-state index is 13.3. The monoisotopic (exact) mass is 418 g/mol. The van der Waals surface area contributed by atoms with E-state index in [0.29, 0.717) is 33.5 Å². The van der Waals surface area contributed by atoms with Gasteiger partial charge in [-0.25, -0.2) is 4.98 Å². The summed E-state index contributed by atoms with van der Waals surface area (Å²) < 4.78 is 10.6. The van der Waals surface area contributed by atoms with Gasteiger partial charge in [0, 0.05) is 22.0 Å². The number of hydrogen-bond donors (Lipinski definition) is 1. The summed E-state index contributed by atoms with van der Waals surface area (Å²) in [5.74, 6) is 0.892. The van der Waals surface area contributed by atoms with Gasteiger partial charge in [0.2, 0.25) is 0 Å². The van der Waals surface area contributed by atoms with Crippen LogP contribution in [0.2, 0.25) is 5.02 Å². The normalized spacial score (nSPS) is 10.6. The van der Waals surface area contributed by atoms with Crippen LogP contribution >= 0.6 is 11.6 Å². The zero-order chi connectivity index (χ0) is 21.1. The van der Waals surface area contributed by atoms with Crippen molar-refractivity contribution >= 4 is 34.1 Å². The summed E-state index contributed by atoms with van der Waals surface area (Å²) in [5.41, 5.74) is 3.32. The molecule has 0 saturated heterocycles. The van der Waals surface area contributed by atoms with E-state index in [0.717, 1.165) is 16.5 Å². The molecule has 0 atom stereocenters. The van der Waals surface area contributed by atoms with E-state index in [-0.39, 0.29) is 5.91 Å². The number of ether oxygens (including phenoxy) is 2. The van der Waals surface area contributed by atoms with Crippen LogP contribution in [0, 0.1) is 0 Å². The summed E-state index contributed by atoms with van der Waals surface area (Å²) in [5, 5.41) is 4.34.